The lowest BCUT2D eigenvalue weighted by atomic mass is 10.1. The molecule has 0 radical (unpaired) electrons. The maximum absolute atomic E-state index is 3.59. The van der Waals surface area contributed by atoms with Gasteiger partial charge >= 0.3 is 0 Å². The fraction of sp³-hybridized carbons (Fsp3) is 0.636. The molecule has 0 unspecified atom stereocenters. The third kappa shape index (κ3) is 3.12. The van der Waals surface area contributed by atoms with E-state index in [0.29, 0.717) is 18.0 Å². The molecule has 1 N–H and O–H groups in total. The van der Waals surface area contributed by atoms with Gasteiger partial charge in [0.1, 0.15) is 0 Å². The smallest absolute Gasteiger partial charge is 0.0388 e. The third-order valence-electron chi connectivity index (χ3n) is 2.48. The lowest BCUT2D eigenvalue weighted by molar-refractivity contribution is 0.391. The van der Waals surface area contributed by atoms with Crippen molar-refractivity contribution in [2.45, 2.75) is 39.8 Å². The topological polar surface area (TPSA) is 12.0 Å². The summed E-state index contributed by atoms with van der Waals surface area (Å²) in [6.45, 7) is 8.97. The van der Waals surface area contributed by atoms with Crippen LogP contribution in [-0.2, 0) is 0 Å². The van der Waals surface area contributed by atoms with E-state index in [1.54, 1.807) is 0 Å². The zero-order chi connectivity index (χ0) is 9.84. The Balaban J connectivity index is 2.46. The Kier molecular flexibility index (Phi) is 3.94. The van der Waals surface area contributed by atoms with Crippen molar-refractivity contribution in [2.24, 2.45) is 5.92 Å². The van der Waals surface area contributed by atoms with E-state index in [0.717, 1.165) is 0 Å². The van der Waals surface area contributed by atoms with Crippen LogP contribution in [0.15, 0.2) is 17.5 Å². The van der Waals surface area contributed by atoms with Gasteiger partial charge in [-0.3, -0.25) is 0 Å². The normalized spacial score (nSPS) is 16.1. The van der Waals surface area contributed by atoms with Crippen LogP contribution in [0.25, 0.3) is 0 Å². The molecule has 0 bridgehead atoms. The molecule has 13 heavy (non-hydrogen) atoms. The van der Waals surface area contributed by atoms with Gasteiger partial charge in [0.25, 0.3) is 0 Å². The van der Waals surface area contributed by atoms with Crippen molar-refractivity contribution in [1.29, 1.82) is 0 Å². The molecule has 0 saturated carbocycles. The lowest BCUT2D eigenvalue weighted by Crippen LogP contribution is -2.32. The highest BCUT2D eigenvalue weighted by molar-refractivity contribution is 7.10. The maximum atomic E-state index is 3.59. The Hall–Kier alpha value is -0.340. The molecular formula is C11H19NS. The molecule has 1 aromatic heterocycles. The Morgan fingerprint density at radius 1 is 1.23 bits per heavy atom. The average Bonchev–Trinajstić information content (AvgIpc) is 2.55. The molecule has 1 aromatic rings. The molecule has 1 heterocycles. The number of hydrogen-bond donors (Lipinski definition) is 1. The van der Waals surface area contributed by atoms with Crippen molar-refractivity contribution in [3.63, 3.8) is 0 Å². The number of thiophene rings is 1. The van der Waals surface area contributed by atoms with Crippen molar-refractivity contribution >= 4 is 11.3 Å². The molecule has 2 heteroatoms. The molecule has 0 fully saturated rings. The first-order chi connectivity index (χ1) is 6.11. The molecular weight excluding hydrogens is 178 g/mol. The fourth-order valence-electron chi connectivity index (χ4n) is 1.21. The molecule has 0 spiro atoms. The van der Waals surface area contributed by atoms with Crippen molar-refractivity contribution in [3.05, 3.63) is 22.4 Å². The molecule has 0 amide bonds. The third-order valence-corrected chi connectivity index (χ3v) is 3.54. The van der Waals surface area contributed by atoms with Gasteiger partial charge in [0, 0.05) is 17.0 Å². The Morgan fingerprint density at radius 3 is 2.38 bits per heavy atom. The molecule has 1 rings (SSSR count). The number of rotatable bonds is 4. The van der Waals surface area contributed by atoms with Gasteiger partial charge < -0.3 is 5.32 Å². The van der Waals surface area contributed by atoms with E-state index in [9.17, 15) is 0 Å². The van der Waals surface area contributed by atoms with Gasteiger partial charge in [0.05, 0.1) is 0 Å². The molecule has 0 aliphatic carbocycles. The van der Waals surface area contributed by atoms with E-state index in [-0.39, 0.29) is 0 Å². The lowest BCUT2D eigenvalue weighted by Gasteiger charge is -2.22. The van der Waals surface area contributed by atoms with Gasteiger partial charge in [-0.15, -0.1) is 11.3 Å². The summed E-state index contributed by atoms with van der Waals surface area (Å²) in [7, 11) is 0. The van der Waals surface area contributed by atoms with Gasteiger partial charge in [-0.25, -0.2) is 0 Å². The first-order valence-corrected chi connectivity index (χ1v) is 5.78. The summed E-state index contributed by atoms with van der Waals surface area (Å²) in [4.78, 5) is 1.42. The van der Waals surface area contributed by atoms with Crippen molar-refractivity contribution < 1.29 is 0 Å². The van der Waals surface area contributed by atoms with E-state index < -0.39 is 0 Å². The highest BCUT2D eigenvalue weighted by Gasteiger charge is 2.12. The van der Waals surface area contributed by atoms with Gasteiger partial charge in [-0.05, 0) is 31.2 Å². The summed E-state index contributed by atoms with van der Waals surface area (Å²) in [6.07, 6.45) is 0. The molecule has 1 nitrogen and oxygen atoms in total. The van der Waals surface area contributed by atoms with Crippen LogP contribution in [0.5, 0.6) is 0 Å². The van der Waals surface area contributed by atoms with Gasteiger partial charge in [-0.2, -0.15) is 0 Å². The van der Waals surface area contributed by atoms with Crippen LogP contribution in [0.3, 0.4) is 0 Å². The van der Waals surface area contributed by atoms with Crippen LogP contribution >= 0.6 is 11.3 Å². The summed E-state index contributed by atoms with van der Waals surface area (Å²) in [5, 5.41) is 5.72. The molecule has 0 aromatic carbocycles. The second-order valence-corrected chi connectivity index (χ2v) is 4.92. The molecule has 74 valence electrons. The second kappa shape index (κ2) is 4.77. The Bertz CT molecular complexity index is 228. The summed E-state index contributed by atoms with van der Waals surface area (Å²) in [6, 6.07) is 5.36. The van der Waals surface area contributed by atoms with Crippen LogP contribution in [0.4, 0.5) is 0 Å². The van der Waals surface area contributed by atoms with E-state index >= 15 is 0 Å². The van der Waals surface area contributed by atoms with Crippen molar-refractivity contribution in [1.82, 2.24) is 5.32 Å². The van der Waals surface area contributed by atoms with Crippen LogP contribution < -0.4 is 5.32 Å². The van der Waals surface area contributed by atoms with Crippen molar-refractivity contribution in [2.75, 3.05) is 0 Å². The van der Waals surface area contributed by atoms with Gasteiger partial charge in [0.15, 0.2) is 0 Å². The summed E-state index contributed by atoms with van der Waals surface area (Å²) in [5.41, 5.74) is 0. The van der Waals surface area contributed by atoms with E-state index in [4.69, 9.17) is 0 Å². The largest absolute Gasteiger partial charge is 0.307 e. The first-order valence-electron chi connectivity index (χ1n) is 4.90. The SMILES string of the molecule is CC(C)[C@@H](C)N[C@@H](C)c1cccs1. The highest BCUT2D eigenvalue weighted by Crippen LogP contribution is 2.19. The monoisotopic (exact) mass is 197 g/mol. The predicted octanol–water partition coefficient (Wildman–Crippen LogP) is 3.44. The van der Waals surface area contributed by atoms with Crippen LogP contribution in [0.2, 0.25) is 0 Å². The molecule has 0 aliphatic rings. The van der Waals surface area contributed by atoms with Crippen LogP contribution in [0.1, 0.15) is 38.6 Å². The van der Waals surface area contributed by atoms with Gasteiger partial charge in [-0.1, -0.05) is 19.9 Å². The quantitative estimate of drug-likeness (QED) is 0.779. The zero-order valence-electron chi connectivity index (χ0n) is 8.87. The minimum atomic E-state index is 0.484. The van der Waals surface area contributed by atoms with E-state index in [2.05, 4.69) is 50.5 Å². The fourth-order valence-corrected chi connectivity index (χ4v) is 1.95. The minimum Gasteiger partial charge on any atom is -0.307 e. The summed E-state index contributed by atoms with van der Waals surface area (Å²) < 4.78 is 0. The number of nitrogens with one attached hydrogen (secondary N) is 1. The molecule has 0 aliphatic heterocycles. The minimum absolute atomic E-state index is 0.484. The highest BCUT2D eigenvalue weighted by atomic mass is 32.1. The zero-order valence-corrected chi connectivity index (χ0v) is 9.69. The Morgan fingerprint density at radius 2 is 1.92 bits per heavy atom. The molecule has 0 saturated heterocycles. The second-order valence-electron chi connectivity index (χ2n) is 3.94. The first kappa shape index (κ1) is 10.7. The molecule has 2 atom stereocenters. The maximum Gasteiger partial charge on any atom is 0.0388 e. The van der Waals surface area contributed by atoms with E-state index in [1.807, 2.05) is 11.3 Å². The standard InChI is InChI=1S/C11H19NS/c1-8(2)9(3)12-10(4)11-6-5-7-13-11/h5-10,12H,1-4H3/t9-,10+/m1/s1. The summed E-state index contributed by atoms with van der Waals surface area (Å²) in [5.74, 6) is 0.697. The summed E-state index contributed by atoms with van der Waals surface area (Å²) >= 11 is 1.82. The Labute approximate surface area is 85.2 Å². The predicted molar refractivity (Wildman–Crippen MR) is 60.2 cm³/mol. The number of hydrogen-bond acceptors (Lipinski definition) is 2. The van der Waals surface area contributed by atoms with Crippen LogP contribution in [0, 0.1) is 5.92 Å². The van der Waals surface area contributed by atoms with E-state index in [1.165, 1.54) is 4.88 Å². The van der Waals surface area contributed by atoms with Crippen LogP contribution in [-0.4, -0.2) is 6.04 Å². The van der Waals surface area contributed by atoms with Crippen molar-refractivity contribution in [3.8, 4) is 0 Å². The average molecular weight is 197 g/mol. The van der Waals surface area contributed by atoms with Gasteiger partial charge in [0.2, 0.25) is 0 Å².